The van der Waals surface area contributed by atoms with Gasteiger partial charge in [0.1, 0.15) is 24.7 Å². The van der Waals surface area contributed by atoms with Gasteiger partial charge in [0.15, 0.2) is 0 Å². The van der Waals surface area contributed by atoms with Gasteiger partial charge >= 0.3 is 0 Å². The summed E-state index contributed by atoms with van der Waals surface area (Å²) in [7, 11) is 0. The molecule has 8 heteroatoms. The first-order valence-corrected chi connectivity index (χ1v) is 11.7. The van der Waals surface area contributed by atoms with Gasteiger partial charge in [0.2, 0.25) is 5.91 Å². The molecule has 0 spiro atoms. The number of nitrogens with zero attached hydrogens (tertiary/aromatic N) is 1. The molecule has 1 N–H and O–H groups in total. The van der Waals surface area contributed by atoms with Crippen molar-refractivity contribution < 1.29 is 23.9 Å². The first-order chi connectivity index (χ1) is 17.0. The van der Waals surface area contributed by atoms with Crippen LogP contribution in [-0.4, -0.2) is 41.7 Å². The summed E-state index contributed by atoms with van der Waals surface area (Å²) in [5.74, 6) is 2.58. The number of carbonyl (C=O) groups excluding carboxylic acids is 3. The molecule has 3 amide bonds. The Bertz CT molecular complexity index is 1360. The lowest BCUT2D eigenvalue weighted by molar-refractivity contribution is -0.127. The average molecular weight is 487 g/mol. The number of thioether (sulfide) groups is 1. The molecule has 3 aromatic rings. The number of hydrogen-bond donors (Lipinski definition) is 1. The van der Waals surface area contributed by atoms with E-state index in [0.717, 1.165) is 27.4 Å². The quantitative estimate of drug-likeness (QED) is 0.359. The number of rotatable bonds is 8. The van der Waals surface area contributed by atoms with Crippen molar-refractivity contribution in [1.29, 1.82) is 0 Å². The molecular weight excluding hydrogens is 464 g/mol. The molecule has 1 fully saturated rings. The first kappa shape index (κ1) is 23.9. The highest BCUT2D eigenvalue weighted by Gasteiger charge is 2.36. The molecular formula is C27H22N2O5S. The van der Waals surface area contributed by atoms with Gasteiger partial charge < -0.3 is 14.8 Å². The van der Waals surface area contributed by atoms with Crippen LogP contribution >= 0.6 is 11.8 Å². The van der Waals surface area contributed by atoms with Gasteiger partial charge in [0.05, 0.1) is 11.5 Å². The van der Waals surface area contributed by atoms with Crippen molar-refractivity contribution in [1.82, 2.24) is 4.90 Å². The minimum Gasteiger partial charge on any atom is -0.494 e. The van der Waals surface area contributed by atoms with E-state index in [1.807, 2.05) is 37.3 Å². The van der Waals surface area contributed by atoms with Crippen LogP contribution < -0.4 is 14.8 Å². The van der Waals surface area contributed by atoms with Gasteiger partial charge in [-0.2, -0.15) is 0 Å². The van der Waals surface area contributed by atoms with Gasteiger partial charge in [-0.3, -0.25) is 19.3 Å². The smallest absolute Gasteiger partial charge is 0.294 e. The molecule has 0 radical (unpaired) electrons. The highest BCUT2D eigenvalue weighted by Crippen LogP contribution is 2.36. The summed E-state index contributed by atoms with van der Waals surface area (Å²) < 4.78 is 11.1. The fraction of sp³-hybridized carbons (Fsp3) is 0.148. The number of benzene rings is 3. The molecule has 0 saturated carbocycles. The van der Waals surface area contributed by atoms with Gasteiger partial charge in [0, 0.05) is 11.3 Å². The van der Waals surface area contributed by atoms with E-state index >= 15 is 0 Å². The molecule has 1 aliphatic heterocycles. The summed E-state index contributed by atoms with van der Waals surface area (Å²) in [6.45, 7) is 2.08. The van der Waals surface area contributed by atoms with Crippen LogP contribution in [0.3, 0.4) is 0 Å². The minimum atomic E-state index is -0.544. The Kier molecular flexibility index (Phi) is 7.38. The molecule has 3 aromatic carbocycles. The molecule has 0 aliphatic carbocycles. The normalized spacial score (nSPS) is 14.3. The van der Waals surface area contributed by atoms with Gasteiger partial charge in [-0.05, 0) is 65.9 Å². The Labute approximate surface area is 207 Å². The van der Waals surface area contributed by atoms with Crippen molar-refractivity contribution in [3.05, 3.63) is 71.1 Å². The molecule has 0 unspecified atom stereocenters. The molecule has 1 saturated heterocycles. The number of imide groups is 1. The van der Waals surface area contributed by atoms with Crippen LogP contribution in [0.15, 0.2) is 65.6 Å². The van der Waals surface area contributed by atoms with Crippen LogP contribution in [0.25, 0.3) is 16.8 Å². The molecule has 35 heavy (non-hydrogen) atoms. The van der Waals surface area contributed by atoms with Crippen LogP contribution in [0.2, 0.25) is 0 Å². The summed E-state index contributed by atoms with van der Waals surface area (Å²) in [6.07, 6.45) is 6.95. The summed E-state index contributed by atoms with van der Waals surface area (Å²) in [5, 5.41) is 3.97. The molecule has 0 bridgehead atoms. The van der Waals surface area contributed by atoms with Crippen LogP contribution in [-0.2, 0) is 9.59 Å². The van der Waals surface area contributed by atoms with E-state index in [9.17, 15) is 14.4 Å². The maximum absolute atomic E-state index is 13.0. The number of terminal acetylenes is 1. The zero-order valence-corrected chi connectivity index (χ0v) is 19.8. The molecule has 0 aromatic heterocycles. The fourth-order valence-corrected chi connectivity index (χ4v) is 4.40. The summed E-state index contributed by atoms with van der Waals surface area (Å²) in [6, 6.07) is 18.1. The van der Waals surface area contributed by atoms with E-state index in [0.29, 0.717) is 29.4 Å². The zero-order chi connectivity index (χ0) is 24.8. The fourth-order valence-electron chi connectivity index (χ4n) is 3.58. The molecule has 1 aliphatic rings. The lowest BCUT2D eigenvalue weighted by atomic mass is 10.0. The molecule has 1 heterocycles. The monoisotopic (exact) mass is 486 g/mol. The topological polar surface area (TPSA) is 84.9 Å². The number of hydrogen-bond acceptors (Lipinski definition) is 6. The Morgan fingerprint density at radius 3 is 2.60 bits per heavy atom. The highest BCUT2D eigenvalue weighted by atomic mass is 32.2. The maximum Gasteiger partial charge on any atom is 0.294 e. The van der Waals surface area contributed by atoms with Crippen LogP contribution in [0.4, 0.5) is 10.5 Å². The van der Waals surface area contributed by atoms with Crippen molar-refractivity contribution in [2.75, 3.05) is 25.1 Å². The van der Waals surface area contributed by atoms with E-state index < -0.39 is 23.6 Å². The van der Waals surface area contributed by atoms with Crippen molar-refractivity contribution >= 4 is 51.4 Å². The lowest BCUT2D eigenvalue weighted by Crippen LogP contribution is -2.36. The summed E-state index contributed by atoms with van der Waals surface area (Å²) in [4.78, 5) is 39.3. The van der Waals surface area contributed by atoms with Gasteiger partial charge in [-0.15, -0.1) is 6.42 Å². The summed E-state index contributed by atoms with van der Waals surface area (Å²) in [5.41, 5.74) is 1.18. The Hall–Kier alpha value is -4.22. The summed E-state index contributed by atoms with van der Waals surface area (Å²) >= 11 is 0.780. The largest absolute Gasteiger partial charge is 0.494 e. The Morgan fingerprint density at radius 2 is 1.86 bits per heavy atom. The number of nitrogens with one attached hydrogen (secondary N) is 1. The minimum absolute atomic E-state index is 0.0619. The number of ether oxygens (including phenoxy) is 2. The van der Waals surface area contributed by atoms with Crippen molar-refractivity contribution in [2.24, 2.45) is 0 Å². The Balaban J connectivity index is 1.54. The van der Waals surface area contributed by atoms with Gasteiger partial charge in [-0.25, -0.2) is 0 Å². The van der Waals surface area contributed by atoms with E-state index in [2.05, 4.69) is 11.2 Å². The predicted octanol–water partition coefficient (Wildman–Crippen LogP) is 4.93. The third-order valence-corrected chi connectivity index (χ3v) is 6.05. The highest BCUT2D eigenvalue weighted by molar-refractivity contribution is 8.18. The third-order valence-electron chi connectivity index (χ3n) is 5.14. The number of carbonyl (C=O) groups is 3. The molecule has 4 rings (SSSR count). The average Bonchev–Trinajstić information content (AvgIpc) is 3.12. The standard InChI is InChI=1S/C27H22N2O5S/c1-3-15-34-23-14-9-18-7-5-6-8-21(18)22(23)16-24-26(31)29(27(32)35-24)17-25(30)28-19-10-12-20(13-11-19)33-4-2/h1,5-14,16H,4,15,17H2,2H3,(H,28,30)/b24-16+. The maximum atomic E-state index is 13.0. The number of amides is 3. The SMILES string of the molecule is C#CCOc1ccc2ccccc2c1/C=C1/SC(=O)N(CC(=O)Nc2ccc(OCC)cc2)C1=O. The van der Waals surface area contributed by atoms with Crippen molar-refractivity contribution in [3.63, 3.8) is 0 Å². The molecule has 0 atom stereocenters. The Morgan fingerprint density at radius 1 is 1.09 bits per heavy atom. The van der Waals surface area contributed by atoms with Crippen LogP contribution in [0, 0.1) is 12.3 Å². The second-order valence-electron chi connectivity index (χ2n) is 7.46. The van der Waals surface area contributed by atoms with Gasteiger partial charge in [0.25, 0.3) is 11.1 Å². The van der Waals surface area contributed by atoms with Gasteiger partial charge in [-0.1, -0.05) is 36.3 Å². The first-order valence-electron chi connectivity index (χ1n) is 10.9. The van der Waals surface area contributed by atoms with E-state index in [1.54, 1.807) is 36.4 Å². The second kappa shape index (κ2) is 10.8. The number of fused-ring (bicyclic) bond motifs is 1. The molecule has 7 nitrogen and oxygen atoms in total. The predicted molar refractivity (Wildman–Crippen MR) is 137 cm³/mol. The second-order valence-corrected chi connectivity index (χ2v) is 8.46. The third kappa shape index (κ3) is 5.48. The van der Waals surface area contributed by atoms with Crippen molar-refractivity contribution in [2.45, 2.75) is 6.92 Å². The van der Waals surface area contributed by atoms with E-state index in [-0.39, 0.29) is 11.5 Å². The van der Waals surface area contributed by atoms with E-state index in [1.165, 1.54) is 0 Å². The lowest BCUT2D eigenvalue weighted by Gasteiger charge is -2.13. The van der Waals surface area contributed by atoms with Crippen molar-refractivity contribution in [3.8, 4) is 23.8 Å². The number of anilines is 1. The van der Waals surface area contributed by atoms with E-state index in [4.69, 9.17) is 15.9 Å². The zero-order valence-electron chi connectivity index (χ0n) is 18.9. The molecule has 176 valence electrons. The van der Waals surface area contributed by atoms with Crippen LogP contribution in [0.1, 0.15) is 12.5 Å². The van der Waals surface area contributed by atoms with Crippen LogP contribution in [0.5, 0.6) is 11.5 Å².